The van der Waals surface area contributed by atoms with Gasteiger partial charge in [-0.1, -0.05) is 32.0 Å². The molecule has 1 unspecified atom stereocenters. The van der Waals surface area contributed by atoms with Crippen LogP contribution in [0.4, 0.5) is 5.69 Å². The van der Waals surface area contributed by atoms with E-state index in [1.165, 1.54) is 16.8 Å². The molecule has 3 nitrogen and oxygen atoms in total. The Kier molecular flexibility index (Phi) is 4.83. The van der Waals surface area contributed by atoms with E-state index in [1.807, 2.05) is 7.05 Å². The lowest BCUT2D eigenvalue weighted by atomic mass is 9.97. The molecule has 0 spiro atoms. The Morgan fingerprint density at radius 1 is 1.42 bits per heavy atom. The van der Waals surface area contributed by atoms with Crippen molar-refractivity contribution in [3.8, 4) is 0 Å². The standard InChI is InChI=1S/C16H26N2O/c1-12(2)15-7-5-6-13(3)16(15)18-8-9-19-14(11-18)10-17-4/h5-7,12,14,17H,8-11H2,1-4H3. The normalized spacial score (nSPS) is 20.1. The number of hydrogen-bond donors (Lipinski definition) is 1. The van der Waals surface area contributed by atoms with Gasteiger partial charge >= 0.3 is 0 Å². The smallest absolute Gasteiger partial charge is 0.0874 e. The SMILES string of the molecule is CNCC1CN(c2c(C)cccc2C(C)C)CCO1. The molecule has 1 saturated heterocycles. The van der Waals surface area contributed by atoms with Crippen molar-refractivity contribution >= 4 is 5.69 Å². The van der Waals surface area contributed by atoms with Gasteiger partial charge in [-0.05, 0) is 31.0 Å². The van der Waals surface area contributed by atoms with Gasteiger partial charge in [-0.15, -0.1) is 0 Å². The predicted molar refractivity (Wildman–Crippen MR) is 81.1 cm³/mol. The Morgan fingerprint density at radius 2 is 2.21 bits per heavy atom. The van der Waals surface area contributed by atoms with E-state index in [2.05, 4.69) is 49.2 Å². The summed E-state index contributed by atoms with van der Waals surface area (Å²) in [7, 11) is 1.98. The highest BCUT2D eigenvalue weighted by Gasteiger charge is 2.23. The van der Waals surface area contributed by atoms with E-state index in [0.29, 0.717) is 12.0 Å². The van der Waals surface area contributed by atoms with Crippen LogP contribution in [-0.4, -0.2) is 39.4 Å². The van der Waals surface area contributed by atoms with E-state index in [0.717, 1.165) is 26.2 Å². The van der Waals surface area contributed by atoms with E-state index in [9.17, 15) is 0 Å². The van der Waals surface area contributed by atoms with E-state index in [-0.39, 0.29) is 0 Å². The summed E-state index contributed by atoms with van der Waals surface area (Å²) in [6.07, 6.45) is 0.290. The van der Waals surface area contributed by atoms with Crippen molar-refractivity contribution in [1.82, 2.24) is 5.32 Å². The monoisotopic (exact) mass is 262 g/mol. The number of morpholine rings is 1. The molecule has 0 aliphatic carbocycles. The number of nitrogens with zero attached hydrogens (tertiary/aromatic N) is 1. The van der Waals surface area contributed by atoms with Gasteiger partial charge in [-0.25, -0.2) is 0 Å². The Bertz CT molecular complexity index is 415. The molecule has 1 aliphatic rings. The van der Waals surface area contributed by atoms with E-state index < -0.39 is 0 Å². The van der Waals surface area contributed by atoms with Crippen LogP contribution in [0.2, 0.25) is 0 Å². The van der Waals surface area contributed by atoms with E-state index in [4.69, 9.17) is 4.74 Å². The van der Waals surface area contributed by atoms with Crippen molar-refractivity contribution in [3.63, 3.8) is 0 Å². The van der Waals surface area contributed by atoms with Crippen molar-refractivity contribution in [3.05, 3.63) is 29.3 Å². The summed E-state index contributed by atoms with van der Waals surface area (Å²) in [6.45, 7) is 10.4. The molecule has 0 saturated carbocycles. The van der Waals surface area contributed by atoms with Gasteiger partial charge in [0.15, 0.2) is 0 Å². The maximum Gasteiger partial charge on any atom is 0.0874 e. The molecule has 19 heavy (non-hydrogen) atoms. The zero-order valence-corrected chi connectivity index (χ0v) is 12.6. The first-order chi connectivity index (χ1) is 9.13. The second kappa shape index (κ2) is 6.40. The molecule has 1 fully saturated rings. The lowest BCUT2D eigenvalue weighted by Gasteiger charge is -2.37. The third kappa shape index (κ3) is 3.28. The summed E-state index contributed by atoms with van der Waals surface area (Å²) >= 11 is 0. The Morgan fingerprint density at radius 3 is 2.89 bits per heavy atom. The van der Waals surface area contributed by atoms with Crippen LogP contribution in [0.1, 0.15) is 30.9 Å². The minimum Gasteiger partial charge on any atom is -0.373 e. The molecule has 106 valence electrons. The number of para-hydroxylation sites is 1. The zero-order valence-electron chi connectivity index (χ0n) is 12.6. The molecule has 1 aromatic rings. The van der Waals surface area contributed by atoms with Crippen LogP contribution in [0.15, 0.2) is 18.2 Å². The van der Waals surface area contributed by atoms with Gasteiger partial charge in [-0.2, -0.15) is 0 Å². The van der Waals surface area contributed by atoms with Gasteiger partial charge in [-0.3, -0.25) is 0 Å². The van der Waals surface area contributed by atoms with Crippen LogP contribution >= 0.6 is 0 Å². The molecule has 2 rings (SSSR count). The van der Waals surface area contributed by atoms with Crippen LogP contribution in [0.5, 0.6) is 0 Å². The minimum absolute atomic E-state index is 0.290. The number of ether oxygens (including phenoxy) is 1. The molecule has 0 radical (unpaired) electrons. The van der Waals surface area contributed by atoms with Gasteiger partial charge in [0, 0.05) is 25.3 Å². The van der Waals surface area contributed by atoms with Gasteiger partial charge in [0.1, 0.15) is 0 Å². The van der Waals surface area contributed by atoms with Crippen LogP contribution < -0.4 is 10.2 Å². The molecule has 0 bridgehead atoms. The van der Waals surface area contributed by atoms with Crippen molar-refractivity contribution < 1.29 is 4.74 Å². The largest absolute Gasteiger partial charge is 0.373 e. The number of rotatable bonds is 4. The van der Waals surface area contributed by atoms with Gasteiger partial charge in [0.25, 0.3) is 0 Å². The molecule has 3 heteroatoms. The summed E-state index contributed by atoms with van der Waals surface area (Å²) < 4.78 is 5.81. The molecule has 1 heterocycles. The number of anilines is 1. The Labute approximate surface area is 116 Å². The molecule has 0 amide bonds. The summed E-state index contributed by atoms with van der Waals surface area (Å²) in [5.74, 6) is 0.556. The summed E-state index contributed by atoms with van der Waals surface area (Å²) in [6, 6.07) is 6.64. The van der Waals surface area contributed by atoms with Crippen molar-refractivity contribution in [2.45, 2.75) is 32.8 Å². The number of likely N-dealkylation sites (N-methyl/N-ethyl adjacent to an activating group) is 1. The van der Waals surface area contributed by atoms with Gasteiger partial charge in [0.2, 0.25) is 0 Å². The molecule has 1 atom stereocenters. The maximum absolute atomic E-state index is 5.81. The van der Waals surface area contributed by atoms with Crippen LogP contribution in [0, 0.1) is 6.92 Å². The Balaban J connectivity index is 2.25. The van der Waals surface area contributed by atoms with Crippen molar-refractivity contribution in [2.75, 3.05) is 38.2 Å². The first-order valence-electron chi connectivity index (χ1n) is 7.24. The van der Waals surface area contributed by atoms with Gasteiger partial charge < -0.3 is 15.0 Å². The molecule has 1 aliphatic heterocycles. The van der Waals surface area contributed by atoms with Crippen molar-refractivity contribution in [1.29, 1.82) is 0 Å². The first kappa shape index (κ1) is 14.4. The first-order valence-corrected chi connectivity index (χ1v) is 7.24. The molecular weight excluding hydrogens is 236 g/mol. The van der Waals surface area contributed by atoms with E-state index in [1.54, 1.807) is 0 Å². The highest BCUT2D eigenvalue weighted by atomic mass is 16.5. The zero-order chi connectivity index (χ0) is 13.8. The predicted octanol–water partition coefficient (Wildman–Crippen LogP) is 2.54. The molecule has 1 aromatic carbocycles. The van der Waals surface area contributed by atoms with Gasteiger partial charge in [0.05, 0.1) is 12.7 Å². The summed E-state index contributed by atoms with van der Waals surface area (Å²) in [4.78, 5) is 2.50. The van der Waals surface area contributed by atoms with Crippen LogP contribution in [0.3, 0.4) is 0 Å². The number of nitrogens with one attached hydrogen (secondary N) is 1. The number of aryl methyl sites for hydroxylation is 1. The average Bonchev–Trinajstić information content (AvgIpc) is 2.39. The fraction of sp³-hybridized carbons (Fsp3) is 0.625. The molecular formula is C16H26N2O. The van der Waals surface area contributed by atoms with E-state index >= 15 is 0 Å². The van der Waals surface area contributed by atoms with Crippen molar-refractivity contribution in [2.24, 2.45) is 0 Å². The van der Waals surface area contributed by atoms with Crippen LogP contribution in [0.25, 0.3) is 0 Å². The second-order valence-corrected chi connectivity index (χ2v) is 5.66. The van der Waals surface area contributed by atoms with Crippen LogP contribution in [-0.2, 0) is 4.74 Å². The molecule has 1 N–H and O–H groups in total. The fourth-order valence-electron chi connectivity index (χ4n) is 2.85. The lowest BCUT2D eigenvalue weighted by molar-refractivity contribution is 0.0421. The Hall–Kier alpha value is -1.06. The second-order valence-electron chi connectivity index (χ2n) is 5.66. The summed E-state index contributed by atoms with van der Waals surface area (Å²) in [5.41, 5.74) is 4.24. The maximum atomic E-state index is 5.81. The number of hydrogen-bond acceptors (Lipinski definition) is 3. The highest BCUT2D eigenvalue weighted by molar-refractivity contribution is 5.60. The third-order valence-electron chi connectivity index (χ3n) is 3.78. The quantitative estimate of drug-likeness (QED) is 0.902. The third-order valence-corrected chi connectivity index (χ3v) is 3.78. The summed E-state index contributed by atoms with van der Waals surface area (Å²) in [5, 5.41) is 3.21. The average molecular weight is 262 g/mol. The lowest BCUT2D eigenvalue weighted by Crippen LogP contribution is -2.46. The molecule has 0 aromatic heterocycles. The highest BCUT2D eigenvalue weighted by Crippen LogP contribution is 2.31. The minimum atomic E-state index is 0.290. The number of benzene rings is 1. The topological polar surface area (TPSA) is 24.5 Å². The fourth-order valence-corrected chi connectivity index (χ4v) is 2.85.